The fourth-order valence-electron chi connectivity index (χ4n) is 3.15. The van der Waals surface area contributed by atoms with Crippen molar-refractivity contribution in [3.63, 3.8) is 0 Å². The van der Waals surface area contributed by atoms with Crippen molar-refractivity contribution in [2.45, 2.75) is 31.7 Å². The number of hydrogen-bond donors (Lipinski definition) is 2. The summed E-state index contributed by atoms with van der Waals surface area (Å²) < 4.78 is 0. The van der Waals surface area contributed by atoms with Crippen LogP contribution in [0.2, 0.25) is 0 Å². The van der Waals surface area contributed by atoms with E-state index in [-0.39, 0.29) is 23.6 Å². The number of hydrogen-bond acceptors (Lipinski definition) is 4. The molecular weight excluding hydrogens is 326 g/mol. The van der Waals surface area contributed by atoms with Crippen LogP contribution in [0.5, 0.6) is 0 Å². The van der Waals surface area contributed by atoms with Gasteiger partial charge in [-0.15, -0.1) is 11.8 Å². The molecule has 1 saturated carbocycles. The van der Waals surface area contributed by atoms with Crippen molar-refractivity contribution in [2.75, 3.05) is 11.6 Å². The van der Waals surface area contributed by atoms with Crippen LogP contribution in [0.25, 0.3) is 0 Å². The predicted molar refractivity (Wildman–Crippen MR) is 92.0 cm³/mol. The Morgan fingerprint density at radius 3 is 2.46 bits per heavy atom. The molecule has 1 aromatic carbocycles. The van der Waals surface area contributed by atoms with Gasteiger partial charge in [0.15, 0.2) is 0 Å². The van der Waals surface area contributed by atoms with Crippen LogP contribution in [0.1, 0.15) is 36.0 Å². The Labute approximate surface area is 145 Å². The molecule has 0 radical (unpaired) electrons. The van der Waals surface area contributed by atoms with Crippen molar-refractivity contribution in [2.24, 2.45) is 5.92 Å². The lowest BCUT2D eigenvalue weighted by Gasteiger charge is -2.25. The number of carbonyl (C=O) groups is 3. The monoisotopic (exact) mass is 347 g/mol. The molecule has 0 unspecified atom stereocenters. The van der Waals surface area contributed by atoms with Crippen molar-refractivity contribution in [1.29, 1.82) is 0 Å². The molecule has 3 rings (SSSR count). The summed E-state index contributed by atoms with van der Waals surface area (Å²) in [6, 6.07) is 8.15. The molecule has 1 atom stereocenters. The molecule has 1 aromatic rings. The van der Waals surface area contributed by atoms with Gasteiger partial charge in [0, 0.05) is 17.2 Å². The average Bonchev–Trinajstić information content (AvgIpc) is 3.31. The van der Waals surface area contributed by atoms with Gasteiger partial charge in [-0.3, -0.25) is 25.2 Å². The smallest absolute Gasteiger partial charge is 0.269 e. The zero-order valence-corrected chi connectivity index (χ0v) is 14.2. The maximum Gasteiger partial charge on any atom is 0.269 e. The quantitative estimate of drug-likeness (QED) is 0.813. The number of thioether (sulfide) groups is 1. The van der Waals surface area contributed by atoms with Crippen molar-refractivity contribution in [1.82, 2.24) is 15.8 Å². The largest absolute Gasteiger partial charge is 0.320 e. The van der Waals surface area contributed by atoms with Crippen LogP contribution in [0.3, 0.4) is 0 Å². The first-order valence-corrected chi connectivity index (χ1v) is 9.36. The van der Waals surface area contributed by atoms with Gasteiger partial charge >= 0.3 is 0 Å². The molecular formula is C17H21N3O3S. The third-order valence-electron chi connectivity index (χ3n) is 4.51. The molecule has 6 nitrogen and oxygen atoms in total. The molecule has 24 heavy (non-hydrogen) atoms. The van der Waals surface area contributed by atoms with Gasteiger partial charge in [0.2, 0.25) is 5.91 Å². The van der Waals surface area contributed by atoms with Crippen LogP contribution in [-0.2, 0) is 9.59 Å². The standard InChI is InChI=1S/C17H21N3O3S/c21-15(12-6-2-1-3-7-12)18-19-16(22)14-10-24-11-20(14)17(23)13-8-4-5-9-13/h1-3,6-7,13-14H,4-5,8-11H2,(H,18,21)(H,19,22)/t14-/m0/s1. The minimum absolute atomic E-state index is 0.0536. The fraction of sp³-hybridized carbons (Fsp3) is 0.471. The van der Waals surface area contributed by atoms with Crippen molar-refractivity contribution in [3.05, 3.63) is 35.9 Å². The van der Waals surface area contributed by atoms with E-state index in [2.05, 4.69) is 10.9 Å². The van der Waals surface area contributed by atoms with E-state index < -0.39 is 6.04 Å². The van der Waals surface area contributed by atoms with Gasteiger partial charge in [-0.25, -0.2) is 0 Å². The first-order valence-electron chi connectivity index (χ1n) is 8.20. The molecule has 1 heterocycles. The lowest BCUT2D eigenvalue weighted by molar-refractivity contribution is -0.141. The number of nitrogens with zero attached hydrogens (tertiary/aromatic N) is 1. The van der Waals surface area contributed by atoms with Gasteiger partial charge in [0.1, 0.15) is 6.04 Å². The highest BCUT2D eigenvalue weighted by Gasteiger charge is 2.38. The molecule has 0 spiro atoms. The summed E-state index contributed by atoms with van der Waals surface area (Å²) in [6.45, 7) is 0. The number of nitrogens with one attached hydrogen (secondary N) is 2. The summed E-state index contributed by atoms with van der Waals surface area (Å²) in [5.41, 5.74) is 5.34. The van der Waals surface area contributed by atoms with Crippen LogP contribution >= 0.6 is 11.8 Å². The van der Waals surface area contributed by atoms with E-state index in [4.69, 9.17) is 0 Å². The van der Waals surface area contributed by atoms with Crippen LogP contribution in [-0.4, -0.2) is 40.3 Å². The first kappa shape index (κ1) is 16.8. The Balaban J connectivity index is 1.55. The second kappa shape index (κ2) is 7.70. The molecule has 0 aromatic heterocycles. The molecule has 0 bridgehead atoms. The normalized spacial score (nSPS) is 20.8. The summed E-state index contributed by atoms with van der Waals surface area (Å²) in [5.74, 6) is 0.523. The lowest BCUT2D eigenvalue weighted by atomic mass is 10.1. The number of hydrazine groups is 1. The number of amides is 3. The number of rotatable bonds is 3. The van der Waals surface area contributed by atoms with Crippen molar-refractivity contribution >= 4 is 29.5 Å². The molecule has 1 aliphatic heterocycles. The van der Waals surface area contributed by atoms with E-state index >= 15 is 0 Å². The van der Waals surface area contributed by atoms with Crippen LogP contribution < -0.4 is 10.9 Å². The Kier molecular flexibility index (Phi) is 5.40. The highest BCUT2D eigenvalue weighted by atomic mass is 32.2. The highest BCUT2D eigenvalue weighted by molar-refractivity contribution is 7.99. The van der Waals surface area contributed by atoms with E-state index in [9.17, 15) is 14.4 Å². The zero-order valence-electron chi connectivity index (χ0n) is 13.4. The van der Waals surface area contributed by atoms with E-state index in [0.29, 0.717) is 17.2 Å². The molecule has 1 aliphatic carbocycles. The van der Waals surface area contributed by atoms with E-state index in [1.807, 2.05) is 6.07 Å². The zero-order chi connectivity index (χ0) is 16.9. The number of carbonyl (C=O) groups excluding carboxylic acids is 3. The minimum Gasteiger partial charge on any atom is -0.320 e. The Morgan fingerprint density at radius 1 is 1.04 bits per heavy atom. The Morgan fingerprint density at radius 2 is 1.75 bits per heavy atom. The number of benzene rings is 1. The van der Waals surface area contributed by atoms with Gasteiger partial charge < -0.3 is 4.90 Å². The maximum absolute atomic E-state index is 12.6. The molecule has 2 aliphatic rings. The molecule has 3 amide bonds. The molecule has 1 saturated heterocycles. The topological polar surface area (TPSA) is 78.5 Å². The third-order valence-corrected chi connectivity index (χ3v) is 5.52. The van der Waals surface area contributed by atoms with Crippen LogP contribution in [0.15, 0.2) is 30.3 Å². The minimum atomic E-state index is -0.515. The van der Waals surface area contributed by atoms with Gasteiger partial charge in [-0.1, -0.05) is 31.0 Å². The lowest BCUT2D eigenvalue weighted by Crippen LogP contribution is -2.53. The fourth-order valence-corrected chi connectivity index (χ4v) is 4.31. The predicted octanol–water partition coefficient (Wildman–Crippen LogP) is 1.54. The van der Waals surface area contributed by atoms with Crippen LogP contribution in [0.4, 0.5) is 0 Å². The molecule has 2 fully saturated rings. The van der Waals surface area contributed by atoms with Crippen molar-refractivity contribution in [3.8, 4) is 0 Å². The van der Waals surface area contributed by atoms with Gasteiger partial charge in [-0.2, -0.15) is 0 Å². The Hall–Kier alpha value is -2.02. The van der Waals surface area contributed by atoms with Crippen molar-refractivity contribution < 1.29 is 14.4 Å². The summed E-state index contributed by atoms with van der Waals surface area (Å²) >= 11 is 1.57. The molecule has 128 valence electrons. The second-order valence-corrected chi connectivity index (χ2v) is 7.11. The molecule has 7 heteroatoms. The van der Waals surface area contributed by atoms with Gasteiger partial charge in [0.25, 0.3) is 11.8 Å². The van der Waals surface area contributed by atoms with Gasteiger partial charge in [0.05, 0.1) is 5.88 Å². The summed E-state index contributed by atoms with van der Waals surface area (Å²) in [6.07, 6.45) is 4.00. The highest BCUT2D eigenvalue weighted by Crippen LogP contribution is 2.30. The van der Waals surface area contributed by atoms with E-state index in [1.165, 1.54) is 0 Å². The Bertz CT molecular complexity index is 617. The molecule has 2 N–H and O–H groups in total. The van der Waals surface area contributed by atoms with Crippen LogP contribution in [0, 0.1) is 5.92 Å². The summed E-state index contributed by atoms with van der Waals surface area (Å²) in [7, 11) is 0. The second-order valence-electron chi connectivity index (χ2n) is 6.11. The SMILES string of the molecule is O=C(NNC(=O)[C@@H]1CSCN1C(=O)C1CCCC1)c1ccccc1. The maximum atomic E-state index is 12.6. The van der Waals surface area contributed by atoms with E-state index in [0.717, 1.165) is 25.7 Å². The summed E-state index contributed by atoms with van der Waals surface area (Å²) in [5, 5.41) is 0. The first-order chi connectivity index (χ1) is 11.7. The average molecular weight is 347 g/mol. The summed E-state index contributed by atoms with van der Waals surface area (Å²) in [4.78, 5) is 38.6. The van der Waals surface area contributed by atoms with E-state index in [1.54, 1.807) is 40.9 Å². The van der Waals surface area contributed by atoms with Gasteiger partial charge in [-0.05, 0) is 25.0 Å². The third kappa shape index (κ3) is 3.72.